The van der Waals surface area contributed by atoms with Gasteiger partial charge in [-0.2, -0.15) is 0 Å². The second-order valence-electron chi connectivity index (χ2n) is 5.62. The standard InChI is InChI=1S/C17H16ClFN2O5S/c1-2-27(23,24)21(12-4-6-15-16(8-12)26-10-25-15)9-17(22)20-11-3-5-14(19)13(18)7-11/h3-8H,2,9-10H2,1H3,(H,20,22). The molecule has 7 nitrogen and oxygen atoms in total. The zero-order chi connectivity index (χ0) is 19.6. The van der Waals surface area contributed by atoms with Crippen molar-refractivity contribution in [2.45, 2.75) is 6.92 Å². The number of benzene rings is 2. The topological polar surface area (TPSA) is 84.9 Å². The van der Waals surface area contributed by atoms with Gasteiger partial charge >= 0.3 is 0 Å². The largest absolute Gasteiger partial charge is 0.454 e. The minimum atomic E-state index is -3.74. The summed E-state index contributed by atoms with van der Waals surface area (Å²) in [6, 6.07) is 8.29. The smallest absolute Gasteiger partial charge is 0.245 e. The third-order valence-electron chi connectivity index (χ3n) is 3.84. The van der Waals surface area contributed by atoms with Crippen molar-refractivity contribution in [2.75, 3.05) is 28.7 Å². The van der Waals surface area contributed by atoms with Crippen molar-refractivity contribution in [3.05, 3.63) is 47.2 Å². The number of hydrogen-bond donors (Lipinski definition) is 1. The van der Waals surface area contributed by atoms with Crippen molar-refractivity contribution in [1.29, 1.82) is 0 Å². The molecule has 0 saturated carbocycles. The highest BCUT2D eigenvalue weighted by atomic mass is 35.5. The van der Waals surface area contributed by atoms with Gasteiger partial charge in [0.05, 0.1) is 16.5 Å². The zero-order valence-corrected chi connectivity index (χ0v) is 15.8. The van der Waals surface area contributed by atoms with Crippen molar-refractivity contribution < 1.29 is 27.1 Å². The van der Waals surface area contributed by atoms with Gasteiger partial charge in [-0.15, -0.1) is 0 Å². The number of nitrogens with zero attached hydrogens (tertiary/aromatic N) is 1. The highest BCUT2D eigenvalue weighted by Crippen LogP contribution is 2.36. The number of carbonyl (C=O) groups is 1. The highest BCUT2D eigenvalue weighted by Gasteiger charge is 2.26. The van der Waals surface area contributed by atoms with Gasteiger partial charge in [-0.1, -0.05) is 11.6 Å². The molecule has 1 amide bonds. The number of sulfonamides is 1. The van der Waals surface area contributed by atoms with Gasteiger partial charge in [-0.3, -0.25) is 9.10 Å². The summed E-state index contributed by atoms with van der Waals surface area (Å²) in [5.74, 6) is -0.526. The van der Waals surface area contributed by atoms with E-state index >= 15 is 0 Å². The quantitative estimate of drug-likeness (QED) is 0.785. The maximum absolute atomic E-state index is 13.2. The van der Waals surface area contributed by atoms with Gasteiger partial charge in [0, 0.05) is 11.8 Å². The number of nitrogens with one attached hydrogen (secondary N) is 1. The van der Waals surface area contributed by atoms with Crippen LogP contribution in [0.25, 0.3) is 0 Å². The lowest BCUT2D eigenvalue weighted by atomic mass is 10.2. The SMILES string of the molecule is CCS(=O)(=O)N(CC(=O)Nc1ccc(F)c(Cl)c1)c1ccc2c(c1)OCO2. The lowest BCUT2D eigenvalue weighted by Gasteiger charge is -2.23. The van der Waals surface area contributed by atoms with E-state index in [1.807, 2.05) is 0 Å². The molecule has 0 atom stereocenters. The number of halogens is 2. The first-order valence-electron chi connectivity index (χ1n) is 7.95. The number of anilines is 2. The molecule has 144 valence electrons. The third-order valence-corrected chi connectivity index (χ3v) is 5.87. The molecule has 2 aromatic rings. The van der Waals surface area contributed by atoms with Gasteiger partial charge in [-0.05, 0) is 37.3 Å². The van der Waals surface area contributed by atoms with E-state index < -0.39 is 28.3 Å². The summed E-state index contributed by atoms with van der Waals surface area (Å²) in [4.78, 5) is 12.4. The lowest BCUT2D eigenvalue weighted by Crippen LogP contribution is -2.39. The molecule has 0 fully saturated rings. The Bertz CT molecular complexity index is 983. The van der Waals surface area contributed by atoms with E-state index in [-0.39, 0.29) is 28.9 Å². The van der Waals surface area contributed by atoms with Crippen LogP contribution in [0.3, 0.4) is 0 Å². The van der Waals surface area contributed by atoms with Crippen LogP contribution in [0.1, 0.15) is 6.92 Å². The molecule has 0 spiro atoms. The van der Waals surface area contributed by atoms with Crippen LogP contribution in [-0.4, -0.2) is 33.4 Å². The molecule has 10 heteroatoms. The molecule has 0 aliphatic carbocycles. The molecular weight excluding hydrogens is 399 g/mol. The van der Waals surface area contributed by atoms with E-state index in [9.17, 15) is 17.6 Å². The number of rotatable bonds is 6. The van der Waals surface area contributed by atoms with Crippen LogP contribution in [0.2, 0.25) is 5.02 Å². The van der Waals surface area contributed by atoms with E-state index in [0.29, 0.717) is 11.5 Å². The number of hydrogen-bond acceptors (Lipinski definition) is 5. The number of ether oxygens (including phenoxy) is 2. The van der Waals surface area contributed by atoms with Gasteiger partial charge < -0.3 is 14.8 Å². The van der Waals surface area contributed by atoms with Crippen molar-refractivity contribution >= 4 is 38.9 Å². The monoisotopic (exact) mass is 414 g/mol. The average Bonchev–Trinajstić information content (AvgIpc) is 3.10. The van der Waals surface area contributed by atoms with E-state index in [1.54, 1.807) is 6.07 Å². The summed E-state index contributed by atoms with van der Waals surface area (Å²) in [6.07, 6.45) is 0. The van der Waals surface area contributed by atoms with Gasteiger partial charge in [0.2, 0.25) is 22.7 Å². The fourth-order valence-corrected chi connectivity index (χ4v) is 3.69. The first-order valence-corrected chi connectivity index (χ1v) is 9.94. The van der Waals surface area contributed by atoms with Gasteiger partial charge in [0.15, 0.2) is 11.5 Å². The molecule has 2 aromatic carbocycles. The van der Waals surface area contributed by atoms with E-state index in [2.05, 4.69) is 5.32 Å². The van der Waals surface area contributed by atoms with Crippen LogP contribution in [0.15, 0.2) is 36.4 Å². The molecule has 0 unspecified atom stereocenters. The van der Waals surface area contributed by atoms with Crippen LogP contribution in [-0.2, 0) is 14.8 Å². The molecule has 1 heterocycles. The Morgan fingerprint density at radius 3 is 2.67 bits per heavy atom. The number of fused-ring (bicyclic) bond motifs is 1. The maximum atomic E-state index is 13.2. The van der Waals surface area contributed by atoms with E-state index in [0.717, 1.165) is 10.4 Å². The van der Waals surface area contributed by atoms with Crippen LogP contribution in [0.4, 0.5) is 15.8 Å². The Hall–Kier alpha value is -2.52. The first-order chi connectivity index (χ1) is 12.8. The molecule has 0 bridgehead atoms. The molecular formula is C17H16ClFN2O5S. The van der Waals surface area contributed by atoms with Crippen molar-refractivity contribution in [2.24, 2.45) is 0 Å². The highest BCUT2D eigenvalue weighted by molar-refractivity contribution is 7.92. The van der Waals surface area contributed by atoms with Crippen LogP contribution >= 0.6 is 11.6 Å². The van der Waals surface area contributed by atoms with Crippen molar-refractivity contribution in [3.8, 4) is 11.5 Å². The molecule has 1 N–H and O–H groups in total. The second-order valence-corrected chi connectivity index (χ2v) is 8.21. The first kappa shape index (κ1) is 19.2. The van der Waals surface area contributed by atoms with Gasteiger partial charge in [0.1, 0.15) is 12.4 Å². The predicted octanol–water partition coefficient (Wildman–Crippen LogP) is 3.00. The van der Waals surface area contributed by atoms with Gasteiger partial charge in [0.25, 0.3) is 0 Å². The fraction of sp³-hybridized carbons (Fsp3) is 0.235. The van der Waals surface area contributed by atoms with Crippen LogP contribution < -0.4 is 19.1 Å². The zero-order valence-electron chi connectivity index (χ0n) is 14.2. The number of amides is 1. The Balaban J connectivity index is 1.83. The normalized spacial score (nSPS) is 12.7. The average molecular weight is 415 g/mol. The molecule has 1 aliphatic rings. The van der Waals surface area contributed by atoms with Crippen LogP contribution in [0, 0.1) is 5.82 Å². The summed E-state index contributed by atoms with van der Waals surface area (Å²) in [5, 5.41) is 2.36. The predicted molar refractivity (Wildman–Crippen MR) is 99.4 cm³/mol. The summed E-state index contributed by atoms with van der Waals surface area (Å²) in [6.45, 7) is 1.06. The van der Waals surface area contributed by atoms with E-state index in [1.165, 1.54) is 31.2 Å². The molecule has 0 saturated heterocycles. The van der Waals surface area contributed by atoms with E-state index in [4.69, 9.17) is 21.1 Å². The van der Waals surface area contributed by atoms with Crippen molar-refractivity contribution in [1.82, 2.24) is 0 Å². The van der Waals surface area contributed by atoms with Crippen LogP contribution in [0.5, 0.6) is 11.5 Å². The molecule has 27 heavy (non-hydrogen) atoms. The minimum absolute atomic E-state index is 0.0468. The Morgan fingerprint density at radius 2 is 1.96 bits per heavy atom. The van der Waals surface area contributed by atoms with Gasteiger partial charge in [-0.25, -0.2) is 12.8 Å². The molecule has 0 aromatic heterocycles. The molecule has 3 rings (SSSR count). The third kappa shape index (κ3) is 4.25. The second kappa shape index (κ2) is 7.61. The summed E-state index contributed by atoms with van der Waals surface area (Å²) in [5.41, 5.74) is 0.527. The Labute approximate surface area is 160 Å². The molecule has 1 aliphatic heterocycles. The lowest BCUT2D eigenvalue weighted by molar-refractivity contribution is -0.114. The number of carbonyl (C=O) groups excluding carboxylic acids is 1. The maximum Gasteiger partial charge on any atom is 0.245 e. The Kier molecular flexibility index (Phi) is 5.43. The summed E-state index contributed by atoms with van der Waals surface area (Å²) >= 11 is 5.69. The fourth-order valence-electron chi connectivity index (χ4n) is 2.45. The molecule has 0 radical (unpaired) electrons. The Morgan fingerprint density at radius 1 is 1.22 bits per heavy atom. The summed E-state index contributed by atoms with van der Waals surface area (Å²) < 4.78 is 49.7. The minimum Gasteiger partial charge on any atom is -0.454 e. The van der Waals surface area contributed by atoms with Crippen molar-refractivity contribution in [3.63, 3.8) is 0 Å². The summed E-state index contributed by atoms with van der Waals surface area (Å²) in [7, 11) is -3.74.